The van der Waals surface area contributed by atoms with Crippen LogP contribution in [0.5, 0.6) is 0 Å². The first-order chi connectivity index (χ1) is 7.99. The lowest BCUT2D eigenvalue weighted by molar-refractivity contribution is -0.123. The van der Waals surface area contributed by atoms with E-state index in [-0.39, 0.29) is 18.9 Å². The summed E-state index contributed by atoms with van der Waals surface area (Å²) in [5.41, 5.74) is 12.0. The van der Waals surface area contributed by atoms with Gasteiger partial charge in [-0.3, -0.25) is 9.59 Å². The summed E-state index contributed by atoms with van der Waals surface area (Å²) in [7, 11) is 0. The quantitative estimate of drug-likeness (QED) is 0.763. The number of carbonyl (C=O) groups is 2. The maximum Gasteiger partial charge on any atom is 0.227 e. The molecule has 1 atom stereocenters. The zero-order valence-electron chi connectivity index (χ0n) is 9.02. The van der Waals surface area contributed by atoms with Gasteiger partial charge in [0.05, 0.1) is 17.3 Å². The molecule has 1 aliphatic heterocycles. The number of carbonyl (C=O) groups excluding carboxylic acids is 2. The largest absolute Gasteiger partial charge is 0.397 e. The molecule has 1 aliphatic rings. The number of hydrogen-bond donors (Lipinski definition) is 2. The number of halogens is 1. The molecule has 1 heterocycles. The van der Waals surface area contributed by atoms with Gasteiger partial charge in [0.15, 0.2) is 0 Å². The summed E-state index contributed by atoms with van der Waals surface area (Å²) in [4.78, 5) is 24.3. The Morgan fingerprint density at radius 2 is 2.18 bits per heavy atom. The van der Waals surface area contributed by atoms with Crippen molar-refractivity contribution in [3.05, 3.63) is 23.2 Å². The molecule has 1 aromatic rings. The number of hydrogen-bond acceptors (Lipinski definition) is 3. The van der Waals surface area contributed by atoms with Gasteiger partial charge in [-0.05, 0) is 18.2 Å². The second-order valence-electron chi connectivity index (χ2n) is 4.01. The molecule has 4 N–H and O–H groups in total. The minimum Gasteiger partial charge on any atom is -0.397 e. The summed E-state index contributed by atoms with van der Waals surface area (Å²) < 4.78 is 0. The summed E-state index contributed by atoms with van der Waals surface area (Å²) in [5, 5.41) is 0.504. The molecule has 0 spiro atoms. The molecule has 0 saturated carbocycles. The van der Waals surface area contributed by atoms with E-state index in [9.17, 15) is 9.59 Å². The van der Waals surface area contributed by atoms with Gasteiger partial charge in [0.1, 0.15) is 0 Å². The number of nitrogens with two attached hydrogens (primary N) is 2. The first-order valence-electron chi connectivity index (χ1n) is 5.13. The molecule has 0 aliphatic carbocycles. The molecule has 1 aromatic carbocycles. The van der Waals surface area contributed by atoms with E-state index in [1.807, 2.05) is 0 Å². The second-order valence-corrected chi connectivity index (χ2v) is 4.45. The highest BCUT2D eigenvalue weighted by molar-refractivity contribution is 6.31. The summed E-state index contributed by atoms with van der Waals surface area (Å²) >= 11 is 5.78. The van der Waals surface area contributed by atoms with Crippen molar-refractivity contribution in [1.82, 2.24) is 0 Å². The molecule has 5 nitrogen and oxygen atoms in total. The van der Waals surface area contributed by atoms with Crippen LogP contribution < -0.4 is 16.4 Å². The molecule has 90 valence electrons. The number of benzene rings is 1. The van der Waals surface area contributed by atoms with E-state index < -0.39 is 11.8 Å². The second kappa shape index (κ2) is 4.25. The smallest absolute Gasteiger partial charge is 0.227 e. The van der Waals surface area contributed by atoms with Crippen molar-refractivity contribution >= 4 is 34.8 Å². The van der Waals surface area contributed by atoms with Gasteiger partial charge in [0.2, 0.25) is 11.8 Å². The predicted molar refractivity (Wildman–Crippen MR) is 65.5 cm³/mol. The number of nitrogens with zero attached hydrogens (tertiary/aromatic N) is 1. The van der Waals surface area contributed by atoms with E-state index in [2.05, 4.69) is 0 Å². The number of anilines is 2. The highest BCUT2D eigenvalue weighted by Crippen LogP contribution is 2.31. The number of rotatable bonds is 2. The van der Waals surface area contributed by atoms with Gasteiger partial charge in [0.25, 0.3) is 0 Å². The fraction of sp³-hybridized carbons (Fsp3) is 0.273. The first-order valence-corrected chi connectivity index (χ1v) is 5.51. The van der Waals surface area contributed by atoms with E-state index in [0.29, 0.717) is 16.4 Å². The summed E-state index contributed by atoms with van der Waals surface area (Å²) in [6, 6.07) is 4.89. The lowest BCUT2D eigenvalue weighted by Gasteiger charge is -2.18. The third-order valence-electron chi connectivity index (χ3n) is 2.81. The fourth-order valence-corrected chi connectivity index (χ4v) is 2.08. The third-order valence-corrected chi connectivity index (χ3v) is 3.04. The standard InChI is InChI=1S/C11H12ClN3O2/c12-7-1-2-9(8(13)4-7)15-5-6(11(14)17)3-10(15)16/h1-2,4,6H,3,5,13H2,(H2,14,17). The molecule has 6 heteroatoms. The molecule has 2 amide bonds. The molecular weight excluding hydrogens is 242 g/mol. The van der Waals surface area contributed by atoms with Crippen LogP contribution in [0, 0.1) is 5.92 Å². The minimum atomic E-state index is -0.464. The highest BCUT2D eigenvalue weighted by atomic mass is 35.5. The van der Waals surface area contributed by atoms with Crippen molar-refractivity contribution in [1.29, 1.82) is 0 Å². The highest BCUT2D eigenvalue weighted by Gasteiger charge is 2.34. The van der Waals surface area contributed by atoms with Gasteiger partial charge in [-0.25, -0.2) is 0 Å². The first kappa shape index (κ1) is 11.7. The van der Waals surface area contributed by atoms with Gasteiger partial charge < -0.3 is 16.4 Å². The van der Waals surface area contributed by atoms with Crippen LogP contribution in [0.1, 0.15) is 6.42 Å². The molecule has 0 aromatic heterocycles. The van der Waals surface area contributed by atoms with Crippen molar-refractivity contribution in [2.45, 2.75) is 6.42 Å². The normalized spacial score (nSPS) is 19.7. The van der Waals surface area contributed by atoms with E-state index in [1.54, 1.807) is 18.2 Å². The number of primary amides is 1. The van der Waals surface area contributed by atoms with Crippen LogP contribution in [-0.2, 0) is 9.59 Å². The lowest BCUT2D eigenvalue weighted by atomic mass is 10.1. The topological polar surface area (TPSA) is 89.4 Å². The van der Waals surface area contributed by atoms with Gasteiger partial charge in [-0.2, -0.15) is 0 Å². The Bertz CT molecular complexity index is 490. The Kier molecular flexibility index (Phi) is 2.93. The van der Waals surface area contributed by atoms with Gasteiger partial charge in [-0.15, -0.1) is 0 Å². The lowest BCUT2D eigenvalue weighted by Crippen LogP contribution is -2.28. The van der Waals surface area contributed by atoms with Gasteiger partial charge in [0, 0.05) is 18.0 Å². The molecule has 0 bridgehead atoms. The third kappa shape index (κ3) is 2.19. The van der Waals surface area contributed by atoms with Crippen molar-refractivity contribution < 1.29 is 9.59 Å². The van der Waals surface area contributed by atoms with Gasteiger partial charge in [-0.1, -0.05) is 11.6 Å². The van der Waals surface area contributed by atoms with E-state index in [0.717, 1.165) is 0 Å². The Hall–Kier alpha value is -1.75. The van der Waals surface area contributed by atoms with Crippen LogP contribution in [0.2, 0.25) is 5.02 Å². The number of amides is 2. The molecule has 0 radical (unpaired) electrons. The van der Waals surface area contributed by atoms with E-state index in [4.69, 9.17) is 23.1 Å². The Morgan fingerprint density at radius 3 is 2.71 bits per heavy atom. The zero-order chi connectivity index (χ0) is 12.6. The van der Waals surface area contributed by atoms with Crippen LogP contribution >= 0.6 is 11.6 Å². The Labute approximate surface area is 103 Å². The maximum absolute atomic E-state index is 11.8. The molecule has 1 fully saturated rings. The Morgan fingerprint density at radius 1 is 1.47 bits per heavy atom. The van der Waals surface area contributed by atoms with Crippen LogP contribution in [0.15, 0.2) is 18.2 Å². The SMILES string of the molecule is NC(=O)C1CC(=O)N(c2ccc(Cl)cc2N)C1. The Balaban J connectivity index is 2.29. The van der Waals surface area contributed by atoms with E-state index in [1.165, 1.54) is 4.90 Å². The van der Waals surface area contributed by atoms with Crippen molar-refractivity contribution in [3.63, 3.8) is 0 Å². The maximum atomic E-state index is 11.8. The van der Waals surface area contributed by atoms with Crippen molar-refractivity contribution in [2.75, 3.05) is 17.2 Å². The van der Waals surface area contributed by atoms with Gasteiger partial charge >= 0.3 is 0 Å². The monoisotopic (exact) mass is 253 g/mol. The average Bonchev–Trinajstić information content (AvgIpc) is 2.61. The molecule has 17 heavy (non-hydrogen) atoms. The van der Waals surface area contributed by atoms with E-state index >= 15 is 0 Å². The van der Waals surface area contributed by atoms with Crippen molar-refractivity contribution in [2.24, 2.45) is 11.7 Å². The summed E-state index contributed by atoms with van der Waals surface area (Å²) in [6.45, 7) is 0.278. The zero-order valence-corrected chi connectivity index (χ0v) is 9.78. The molecule has 2 rings (SSSR count). The van der Waals surface area contributed by atoms with Crippen LogP contribution in [0.3, 0.4) is 0 Å². The fourth-order valence-electron chi connectivity index (χ4n) is 1.90. The van der Waals surface area contributed by atoms with Crippen LogP contribution in [0.4, 0.5) is 11.4 Å². The average molecular weight is 254 g/mol. The van der Waals surface area contributed by atoms with Crippen LogP contribution in [0.25, 0.3) is 0 Å². The molecule has 1 saturated heterocycles. The van der Waals surface area contributed by atoms with Crippen LogP contribution in [-0.4, -0.2) is 18.4 Å². The number of nitrogen functional groups attached to an aromatic ring is 1. The molecular formula is C11H12ClN3O2. The van der Waals surface area contributed by atoms with Crippen molar-refractivity contribution in [3.8, 4) is 0 Å². The summed E-state index contributed by atoms with van der Waals surface area (Å²) in [5.74, 6) is -1.06. The summed E-state index contributed by atoms with van der Waals surface area (Å²) in [6.07, 6.45) is 0.136. The predicted octanol–water partition coefficient (Wildman–Crippen LogP) is 0.760. The minimum absolute atomic E-state index is 0.136. The molecule has 1 unspecified atom stereocenters.